The molecule has 1 saturated heterocycles. The monoisotopic (exact) mass is 249 g/mol. The van der Waals surface area contributed by atoms with Crippen molar-refractivity contribution >= 4 is 29.0 Å². The van der Waals surface area contributed by atoms with Gasteiger partial charge in [0.2, 0.25) is 0 Å². The highest BCUT2D eigenvalue weighted by atomic mass is 35.5. The average Bonchev–Trinajstić information content (AvgIpc) is 2.82. The Hall–Kier alpha value is -1.32. The predicted octanol–water partition coefficient (Wildman–Crippen LogP) is 2.43. The molecule has 0 bridgehead atoms. The van der Waals surface area contributed by atoms with Crippen LogP contribution in [0, 0.1) is 0 Å². The van der Waals surface area contributed by atoms with E-state index in [-0.39, 0.29) is 12.4 Å². The molecule has 3 rings (SSSR count). The number of anilines is 1. The Morgan fingerprint density at radius 3 is 3.06 bits per heavy atom. The lowest BCUT2D eigenvalue weighted by Gasteiger charge is -2.13. The predicted molar refractivity (Wildman–Crippen MR) is 73.9 cm³/mol. The fourth-order valence-corrected chi connectivity index (χ4v) is 2.17. The number of benzene rings is 1. The Labute approximate surface area is 107 Å². The standard InChI is InChI=1S/C13H15N3.ClH/c1-2-10-3-4-11(8-13(10)15-6-1)16-12-5-7-14-9-12;/h1-4,6,8,12,14,16H,5,7,9H2;1H. The van der Waals surface area contributed by atoms with Gasteiger partial charge in [-0.2, -0.15) is 0 Å². The van der Waals surface area contributed by atoms with E-state index in [4.69, 9.17) is 0 Å². The lowest BCUT2D eigenvalue weighted by atomic mass is 10.2. The van der Waals surface area contributed by atoms with Gasteiger partial charge in [-0.05, 0) is 31.2 Å². The molecule has 2 aromatic rings. The molecular formula is C13H16ClN3. The van der Waals surface area contributed by atoms with E-state index in [9.17, 15) is 0 Å². The highest BCUT2D eigenvalue weighted by Gasteiger charge is 2.13. The zero-order valence-electron chi connectivity index (χ0n) is 9.52. The van der Waals surface area contributed by atoms with Gasteiger partial charge in [-0.1, -0.05) is 12.1 Å². The molecule has 1 fully saturated rings. The number of hydrogen-bond donors (Lipinski definition) is 2. The minimum absolute atomic E-state index is 0. The third-order valence-corrected chi connectivity index (χ3v) is 3.04. The van der Waals surface area contributed by atoms with Gasteiger partial charge in [0, 0.05) is 29.9 Å². The molecule has 1 aromatic carbocycles. The normalized spacial score (nSPS) is 18.9. The van der Waals surface area contributed by atoms with Crippen molar-refractivity contribution in [1.29, 1.82) is 0 Å². The van der Waals surface area contributed by atoms with E-state index >= 15 is 0 Å². The quantitative estimate of drug-likeness (QED) is 0.859. The molecule has 1 aliphatic rings. The Morgan fingerprint density at radius 2 is 2.24 bits per heavy atom. The first-order valence-corrected chi connectivity index (χ1v) is 5.74. The molecule has 90 valence electrons. The van der Waals surface area contributed by atoms with Crippen molar-refractivity contribution in [2.45, 2.75) is 12.5 Å². The number of aromatic nitrogens is 1. The molecule has 1 aromatic heterocycles. The van der Waals surface area contributed by atoms with Gasteiger partial charge in [0.15, 0.2) is 0 Å². The van der Waals surface area contributed by atoms with Crippen LogP contribution in [0.15, 0.2) is 36.5 Å². The van der Waals surface area contributed by atoms with Crippen LogP contribution in [-0.4, -0.2) is 24.1 Å². The molecule has 1 aliphatic heterocycles. The molecule has 1 unspecified atom stereocenters. The Balaban J connectivity index is 0.00000108. The first-order valence-electron chi connectivity index (χ1n) is 5.74. The smallest absolute Gasteiger partial charge is 0.0722 e. The van der Waals surface area contributed by atoms with E-state index in [0.29, 0.717) is 6.04 Å². The van der Waals surface area contributed by atoms with Crippen LogP contribution >= 0.6 is 12.4 Å². The van der Waals surface area contributed by atoms with Crippen LogP contribution in [0.1, 0.15) is 6.42 Å². The Morgan fingerprint density at radius 1 is 1.29 bits per heavy atom. The number of halogens is 1. The molecule has 0 saturated carbocycles. The van der Waals surface area contributed by atoms with Crippen LogP contribution in [0.2, 0.25) is 0 Å². The summed E-state index contributed by atoms with van der Waals surface area (Å²) in [6.07, 6.45) is 3.03. The lowest BCUT2D eigenvalue weighted by molar-refractivity contribution is 0.793. The second-order valence-electron chi connectivity index (χ2n) is 4.24. The average molecular weight is 250 g/mol. The van der Waals surface area contributed by atoms with Gasteiger partial charge < -0.3 is 10.6 Å². The number of hydrogen-bond acceptors (Lipinski definition) is 3. The molecule has 3 nitrogen and oxygen atoms in total. The van der Waals surface area contributed by atoms with Gasteiger partial charge in [0.1, 0.15) is 0 Å². The summed E-state index contributed by atoms with van der Waals surface area (Å²) in [5.41, 5.74) is 2.22. The second-order valence-corrected chi connectivity index (χ2v) is 4.24. The lowest BCUT2D eigenvalue weighted by Crippen LogP contribution is -2.21. The van der Waals surface area contributed by atoms with E-state index in [0.717, 1.165) is 18.6 Å². The van der Waals surface area contributed by atoms with E-state index in [2.05, 4.69) is 39.9 Å². The van der Waals surface area contributed by atoms with Gasteiger partial charge >= 0.3 is 0 Å². The van der Waals surface area contributed by atoms with Gasteiger partial charge in [-0.3, -0.25) is 4.98 Å². The molecule has 0 spiro atoms. The fourth-order valence-electron chi connectivity index (χ4n) is 2.17. The van der Waals surface area contributed by atoms with Crippen molar-refractivity contribution in [1.82, 2.24) is 10.3 Å². The molecule has 4 heteroatoms. The van der Waals surface area contributed by atoms with Crippen molar-refractivity contribution in [2.24, 2.45) is 0 Å². The van der Waals surface area contributed by atoms with Gasteiger partial charge in [-0.25, -0.2) is 0 Å². The fraction of sp³-hybridized carbons (Fsp3) is 0.308. The first-order chi connectivity index (χ1) is 7.92. The van der Waals surface area contributed by atoms with Crippen molar-refractivity contribution in [3.8, 4) is 0 Å². The molecular weight excluding hydrogens is 234 g/mol. The molecule has 2 N–H and O–H groups in total. The molecule has 1 atom stereocenters. The molecule has 0 aliphatic carbocycles. The van der Waals surface area contributed by atoms with Gasteiger partial charge in [0.25, 0.3) is 0 Å². The summed E-state index contributed by atoms with van der Waals surface area (Å²) >= 11 is 0. The summed E-state index contributed by atoms with van der Waals surface area (Å²) in [5.74, 6) is 0. The largest absolute Gasteiger partial charge is 0.381 e. The van der Waals surface area contributed by atoms with E-state index in [1.165, 1.54) is 17.5 Å². The van der Waals surface area contributed by atoms with Crippen LogP contribution in [0.25, 0.3) is 10.9 Å². The number of fused-ring (bicyclic) bond motifs is 1. The molecule has 17 heavy (non-hydrogen) atoms. The summed E-state index contributed by atoms with van der Waals surface area (Å²) in [4.78, 5) is 4.36. The number of nitrogens with one attached hydrogen (secondary N) is 2. The van der Waals surface area contributed by atoms with Gasteiger partial charge in [0.05, 0.1) is 5.52 Å². The molecule has 0 amide bonds. The highest BCUT2D eigenvalue weighted by Crippen LogP contribution is 2.18. The zero-order valence-corrected chi connectivity index (χ0v) is 10.3. The third-order valence-electron chi connectivity index (χ3n) is 3.04. The van der Waals surface area contributed by atoms with Crippen LogP contribution in [-0.2, 0) is 0 Å². The highest BCUT2D eigenvalue weighted by molar-refractivity contribution is 5.85. The van der Waals surface area contributed by atoms with E-state index in [1.54, 1.807) is 0 Å². The summed E-state index contributed by atoms with van der Waals surface area (Å²) in [5, 5.41) is 8.07. The maximum atomic E-state index is 4.36. The van der Waals surface area contributed by atoms with Gasteiger partial charge in [-0.15, -0.1) is 12.4 Å². The number of nitrogens with zero attached hydrogens (tertiary/aromatic N) is 1. The second kappa shape index (κ2) is 5.34. The van der Waals surface area contributed by atoms with Crippen molar-refractivity contribution < 1.29 is 0 Å². The van der Waals surface area contributed by atoms with Crippen molar-refractivity contribution in [3.05, 3.63) is 36.5 Å². The van der Waals surface area contributed by atoms with E-state index in [1.807, 2.05) is 12.3 Å². The van der Waals surface area contributed by atoms with E-state index < -0.39 is 0 Å². The maximum absolute atomic E-state index is 4.36. The summed E-state index contributed by atoms with van der Waals surface area (Å²) in [7, 11) is 0. The zero-order chi connectivity index (χ0) is 10.8. The summed E-state index contributed by atoms with van der Waals surface area (Å²) < 4.78 is 0. The molecule has 2 heterocycles. The van der Waals surface area contributed by atoms with Crippen molar-refractivity contribution in [2.75, 3.05) is 18.4 Å². The number of rotatable bonds is 2. The minimum Gasteiger partial charge on any atom is -0.381 e. The Kier molecular flexibility index (Phi) is 3.82. The van der Waals surface area contributed by atoms with Crippen LogP contribution in [0.4, 0.5) is 5.69 Å². The minimum atomic E-state index is 0. The summed E-state index contributed by atoms with van der Waals surface area (Å²) in [6.45, 7) is 2.17. The van der Waals surface area contributed by atoms with Crippen LogP contribution in [0.3, 0.4) is 0 Å². The first kappa shape index (κ1) is 12.1. The van der Waals surface area contributed by atoms with Crippen LogP contribution in [0.5, 0.6) is 0 Å². The number of pyridine rings is 1. The van der Waals surface area contributed by atoms with Crippen LogP contribution < -0.4 is 10.6 Å². The Bertz CT molecular complexity index is 495. The SMILES string of the molecule is Cl.c1cnc2cc(NC3CCNC3)ccc2c1. The maximum Gasteiger partial charge on any atom is 0.0722 e. The molecule has 0 radical (unpaired) electrons. The topological polar surface area (TPSA) is 37.0 Å². The summed E-state index contributed by atoms with van der Waals surface area (Å²) in [6, 6.07) is 11.0. The third kappa shape index (κ3) is 2.68. The van der Waals surface area contributed by atoms with Crippen molar-refractivity contribution in [3.63, 3.8) is 0 Å².